The molecule has 14 aromatic rings. The van der Waals surface area contributed by atoms with Crippen LogP contribution in [0.1, 0.15) is 0 Å². The van der Waals surface area contributed by atoms with Crippen molar-refractivity contribution in [2.75, 3.05) is 0 Å². The fourth-order valence-corrected chi connectivity index (χ4v) is 11.7. The van der Waals surface area contributed by atoms with Crippen LogP contribution in [0.2, 0.25) is 0 Å². The Morgan fingerprint density at radius 1 is 0.143 bits per heavy atom. The molecule has 0 aliphatic rings. The zero-order valence-corrected chi connectivity index (χ0v) is 38.4. The van der Waals surface area contributed by atoms with E-state index >= 15 is 0 Å². The number of hydrogen-bond acceptors (Lipinski definition) is 0. The van der Waals surface area contributed by atoms with E-state index in [9.17, 15) is 0 Å². The van der Waals surface area contributed by atoms with Gasteiger partial charge >= 0.3 is 0 Å². The van der Waals surface area contributed by atoms with E-state index in [0.29, 0.717) is 0 Å². The Labute approximate surface area is 407 Å². The third-order valence-electron chi connectivity index (χ3n) is 14.8. The lowest BCUT2D eigenvalue weighted by Gasteiger charge is -2.19. The highest BCUT2D eigenvalue weighted by molar-refractivity contribution is 6.24. The van der Waals surface area contributed by atoms with Crippen LogP contribution in [-0.2, 0) is 0 Å². The van der Waals surface area contributed by atoms with Gasteiger partial charge in [0.1, 0.15) is 0 Å². The maximum atomic E-state index is 2.39. The van der Waals surface area contributed by atoms with E-state index in [1.165, 1.54) is 142 Å². The van der Waals surface area contributed by atoms with Crippen LogP contribution in [0.5, 0.6) is 0 Å². The number of fused-ring (bicyclic) bond motifs is 7. The van der Waals surface area contributed by atoms with Gasteiger partial charge in [0.2, 0.25) is 0 Å². The topological polar surface area (TPSA) is 0 Å². The van der Waals surface area contributed by atoms with Crippen molar-refractivity contribution in [3.63, 3.8) is 0 Å². The second-order valence-electron chi connectivity index (χ2n) is 18.7. The largest absolute Gasteiger partial charge is 0.0622 e. The lowest BCUT2D eigenvalue weighted by atomic mass is 9.84. The third-order valence-corrected chi connectivity index (χ3v) is 14.8. The van der Waals surface area contributed by atoms with Crippen LogP contribution in [0.4, 0.5) is 0 Å². The Morgan fingerprint density at radius 3 is 1.06 bits per heavy atom. The van der Waals surface area contributed by atoms with E-state index in [2.05, 4.69) is 267 Å². The van der Waals surface area contributed by atoms with E-state index in [0.717, 1.165) is 0 Å². The number of benzene rings is 14. The molecule has 0 aliphatic heterocycles. The van der Waals surface area contributed by atoms with Gasteiger partial charge in [0, 0.05) is 0 Å². The van der Waals surface area contributed by atoms with Gasteiger partial charge in [-0.2, -0.15) is 0 Å². The van der Waals surface area contributed by atoms with Gasteiger partial charge in [0.05, 0.1) is 0 Å². The summed E-state index contributed by atoms with van der Waals surface area (Å²) in [7, 11) is 0. The fourth-order valence-electron chi connectivity index (χ4n) is 11.7. The summed E-state index contributed by atoms with van der Waals surface area (Å²) in [5, 5.41) is 17.6. The normalized spacial score (nSPS) is 11.7. The van der Waals surface area contributed by atoms with E-state index in [1.54, 1.807) is 0 Å². The summed E-state index contributed by atoms with van der Waals surface area (Å²) in [5.41, 5.74) is 14.9. The molecule has 0 aliphatic carbocycles. The summed E-state index contributed by atoms with van der Waals surface area (Å²) in [5.74, 6) is 0. The quantitative estimate of drug-likeness (QED) is 0.146. The minimum atomic E-state index is 1.21. The van der Waals surface area contributed by atoms with Crippen LogP contribution in [0.3, 0.4) is 0 Å². The Bertz CT molecular complexity index is 4290. The fraction of sp³-hybridized carbons (Fsp3) is 0. The molecule has 0 bridgehead atoms. The lowest BCUT2D eigenvalue weighted by molar-refractivity contribution is 1.62. The highest BCUT2D eigenvalue weighted by Crippen LogP contribution is 2.47. The molecule has 324 valence electrons. The molecule has 14 rings (SSSR count). The maximum Gasteiger partial charge on any atom is -0.00201 e. The Balaban J connectivity index is 0.860. The Kier molecular flexibility index (Phi) is 9.32. The standard InChI is InChI=1S/C70H44/c1-2-18-46(19-3-1)67-59-25-6-8-27-61(59)68(62-28-9-7-26-60(62)67)53-24-14-21-52(44-53)55-33-15-22-50-41-48(37-39-56(50)55)49-38-40-57-51(42-49)23-16-34-58(57)70-65-31-12-10-29-63(65)69(64-30-11-13-32-66(64)70)54-36-35-45-17-4-5-20-47(45)43-54/h1-44H. The van der Waals surface area contributed by atoms with Crippen LogP contribution in [0.15, 0.2) is 267 Å². The zero-order valence-electron chi connectivity index (χ0n) is 38.4. The summed E-state index contributed by atoms with van der Waals surface area (Å²) in [4.78, 5) is 0. The van der Waals surface area contributed by atoms with Gasteiger partial charge in [0.25, 0.3) is 0 Å². The molecular weight excluding hydrogens is 841 g/mol. The van der Waals surface area contributed by atoms with E-state index in [4.69, 9.17) is 0 Å². The van der Waals surface area contributed by atoms with Crippen molar-refractivity contribution in [1.82, 2.24) is 0 Å². The third kappa shape index (κ3) is 6.45. The average molecular weight is 885 g/mol. The molecule has 0 atom stereocenters. The molecule has 0 N–H and O–H groups in total. The molecule has 0 spiro atoms. The molecule has 0 saturated heterocycles. The lowest BCUT2D eigenvalue weighted by Crippen LogP contribution is -1.92. The zero-order chi connectivity index (χ0) is 46.1. The highest BCUT2D eigenvalue weighted by Gasteiger charge is 2.20. The molecule has 70 heavy (non-hydrogen) atoms. The van der Waals surface area contributed by atoms with Crippen molar-refractivity contribution in [3.05, 3.63) is 267 Å². The average Bonchev–Trinajstić information content (AvgIpc) is 3.43. The first-order valence-electron chi connectivity index (χ1n) is 24.3. The first-order chi connectivity index (χ1) is 34.7. The van der Waals surface area contributed by atoms with Crippen molar-refractivity contribution in [2.45, 2.75) is 0 Å². The van der Waals surface area contributed by atoms with Gasteiger partial charge in [-0.1, -0.05) is 243 Å². The van der Waals surface area contributed by atoms with E-state index in [1.807, 2.05) is 0 Å². The Hall–Kier alpha value is -9.10. The molecule has 0 radical (unpaired) electrons. The monoisotopic (exact) mass is 884 g/mol. The molecule has 0 heterocycles. The number of hydrogen-bond donors (Lipinski definition) is 0. The molecule has 0 aromatic heterocycles. The molecule has 0 saturated carbocycles. The summed E-state index contributed by atoms with van der Waals surface area (Å²) in [6, 6.07) is 98.8. The van der Waals surface area contributed by atoms with Crippen molar-refractivity contribution in [3.8, 4) is 66.8 Å². The Morgan fingerprint density at radius 2 is 0.500 bits per heavy atom. The molecule has 0 unspecified atom stereocenters. The van der Waals surface area contributed by atoms with Gasteiger partial charge in [-0.3, -0.25) is 0 Å². The summed E-state index contributed by atoms with van der Waals surface area (Å²) < 4.78 is 0. The summed E-state index contributed by atoms with van der Waals surface area (Å²) >= 11 is 0. The second kappa shape index (κ2) is 16.3. The van der Waals surface area contributed by atoms with Gasteiger partial charge in [0.15, 0.2) is 0 Å². The second-order valence-corrected chi connectivity index (χ2v) is 18.7. The van der Waals surface area contributed by atoms with Crippen LogP contribution < -0.4 is 0 Å². The van der Waals surface area contributed by atoms with Crippen LogP contribution in [0.25, 0.3) is 142 Å². The predicted molar refractivity (Wildman–Crippen MR) is 302 cm³/mol. The molecule has 0 heteroatoms. The van der Waals surface area contributed by atoms with Gasteiger partial charge < -0.3 is 0 Å². The minimum Gasteiger partial charge on any atom is -0.0622 e. The van der Waals surface area contributed by atoms with Crippen LogP contribution >= 0.6 is 0 Å². The van der Waals surface area contributed by atoms with Crippen molar-refractivity contribution >= 4 is 75.4 Å². The number of rotatable bonds is 6. The maximum absolute atomic E-state index is 2.39. The van der Waals surface area contributed by atoms with Gasteiger partial charge in [-0.25, -0.2) is 0 Å². The molecular formula is C70H44. The highest BCUT2D eigenvalue weighted by atomic mass is 14.2. The SMILES string of the molecule is c1ccc(-c2c3ccccc3c(-c3cccc(-c4cccc5cc(-c6ccc7c(-c8c9ccccc9c(-c9ccc%10ccccc%10c9)c9ccccc89)cccc7c6)ccc45)c3)c3ccccc23)cc1. The van der Waals surface area contributed by atoms with E-state index < -0.39 is 0 Å². The van der Waals surface area contributed by atoms with Crippen molar-refractivity contribution < 1.29 is 0 Å². The first kappa shape index (κ1) is 40.0. The van der Waals surface area contributed by atoms with Crippen molar-refractivity contribution in [1.29, 1.82) is 0 Å². The van der Waals surface area contributed by atoms with Gasteiger partial charge in [-0.05, 0) is 166 Å². The smallest absolute Gasteiger partial charge is 0.00201 e. The molecule has 0 amide bonds. The first-order valence-corrected chi connectivity index (χ1v) is 24.3. The van der Waals surface area contributed by atoms with E-state index in [-0.39, 0.29) is 0 Å². The molecule has 14 aromatic carbocycles. The molecule has 0 nitrogen and oxygen atoms in total. The van der Waals surface area contributed by atoms with Crippen LogP contribution in [0, 0.1) is 0 Å². The van der Waals surface area contributed by atoms with Crippen molar-refractivity contribution in [2.24, 2.45) is 0 Å². The van der Waals surface area contributed by atoms with Gasteiger partial charge in [-0.15, -0.1) is 0 Å². The minimum absolute atomic E-state index is 1.21. The summed E-state index contributed by atoms with van der Waals surface area (Å²) in [6.45, 7) is 0. The predicted octanol–water partition coefficient (Wildman–Crippen LogP) is 19.8. The molecule has 0 fully saturated rings. The van der Waals surface area contributed by atoms with Crippen LogP contribution in [-0.4, -0.2) is 0 Å². The summed E-state index contributed by atoms with van der Waals surface area (Å²) in [6.07, 6.45) is 0.